The van der Waals surface area contributed by atoms with Gasteiger partial charge in [0.2, 0.25) is 0 Å². The molecule has 0 aliphatic heterocycles. The lowest BCUT2D eigenvalue weighted by atomic mass is 9.84. The highest BCUT2D eigenvalue weighted by molar-refractivity contribution is 6.18. The minimum atomic E-state index is 0.606. The number of allylic oxidation sites excluding steroid dienone is 1. The predicted octanol–water partition coefficient (Wildman–Crippen LogP) is 3.71. The first kappa shape index (κ1) is 11.0. The van der Waals surface area contributed by atoms with E-state index in [9.17, 15) is 0 Å². The Labute approximate surface area is 75.6 Å². The Morgan fingerprint density at radius 1 is 1.36 bits per heavy atom. The molecule has 0 rings (SSSR count). The standard InChI is InChI=1S/C10H19Cl/c1-5-6-10(7-11)9(4)8(2)3/h5,8-10H,1,6-7H2,2-4H3. The molecule has 0 spiro atoms. The van der Waals surface area contributed by atoms with Crippen LogP contribution in [0.2, 0.25) is 0 Å². The van der Waals surface area contributed by atoms with Gasteiger partial charge in [0.1, 0.15) is 0 Å². The van der Waals surface area contributed by atoms with Crippen LogP contribution >= 0.6 is 11.6 Å². The van der Waals surface area contributed by atoms with E-state index in [1.165, 1.54) is 0 Å². The third kappa shape index (κ3) is 3.81. The van der Waals surface area contributed by atoms with Gasteiger partial charge < -0.3 is 0 Å². The van der Waals surface area contributed by atoms with E-state index in [2.05, 4.69) is 27.4 Å². The predicted molar refractivity (Wildman–Crippen MR) is 53.0 cm³/mol. The molecule has 0 aliphatic carbocycles. The molecule has 2 atom stereocenters. The first-order chi connectivity index (χ1) is 5.13. The summed E-state index contributed by atoms with van der Waals surface area (Å²) in [5.74, 6) is 2.78. The molecule has 11 heavy (non-hydrogen) atoms. The van der Waals surface area contributed by atoms with Crippen LogP contribution in [0.25, 0.3) is 0 Å². The van der Waals surface area contributed by atoms with Gasteiger partial charge in [0.25, 0.3) is 0 Å². The topological polar surface area (TPSA) is 0 Å². The lowest BCUT2D eigenvalue weighted by molar-refractivity contribution is 0.301. The smallest absolute Gasteiger partial charge is 0.0257 e. The van der Waals surface area contributed by atoms with Gasteiger partial charge in [-0.2, -0.15) is 0 Å². The molecule has 0 aromatic heterocycles. The molecule has 0 saturated carbocycles. The molecule has 0 amide bonds. The van der Waals surface area contributed by atoms with Crippen molar-refractivity contribution < 1.29 is 0 Å². The largest absolute Gasteiger partial charge is 0.126 e. The number of hydrogen-bond acceptors (Lipinski definition) is 0. The fraction of sp³-hybridized carbons (Fsp3) is 0.800. The zero-order valence-corrected chi connectivity index (χ0v) is 8.56. The normalized spacial score (nSPS) is 16.5. The van der Waals surface area contributed by atoms with E-state index in [1.807, 2.05) is 6.08 Å². The van der Waals surface area contributed by atoms with Crippen LogP contribution in [0.3, 0.4) is 0 Å². The Morgan fingerprint density at radius 2 is 1.91 bits per heavy atom. The van der Waals surface area contributed by atoms with Crippen LogP contribution in [0, 0.1) is 17.8 Å². The van der Waals surface area contributed by atoms with Gasteiger partial charge >= 0.3 is 0 Å². The molecule has 2 unspecified atom stereocenters. The highest BCUT2D eigenvalue weighted by Gasteiger charge is 2.17. The fourth-order valence-electron chi connectivity index (χ4n) is 1.18. The van der Waals surface area contributed by atoms with Gasteiger partial charge in [-0.1, -0.05) is 26.8 Å². The van der Waals surface area contributed by atoms with Crippen molar-refractivity contribution >= 4 is 11.6 Å². The zero-order valence-electron chi connectivity index (χ0n) is 7.81. The lowest BCUT2D eigenvalue weighted by Crippen LogP contribution is -2.17. The first-order valence-corrected chi connectivity index (χ1v) is 4.83. The molecule has 0 heterocycles. The molecule has 0 bridgehead atoms. The first-order valence-electron chi connectivity index (χ1n) is 4.30. The van der Waals surface area contributed by atoms with Crippen molar-refractivity contribution in [3.63, 3.8) is 0 Å². The maximum atomic E-state index is 5.84. The molecule has 66 valence electrons. The summed E-state index contributed by atoms with van der Waals surface area (Å²) in [4.78, 5) is 0. The van der Waals surface area contributed by atoms with Crippen molar-refractivity contribution in [1.29, 1.82) is 0 Å². The summed E-state index contributed by atoms with van der Waals surface area (Å²) in [7, 11) is 0. The van der Waals surface area contributed by atoms with Crippen LogP contribution in [0.1, 0.15) is 27.2 Å². The van der Waals surface area contributed by atoms with Crippen molar-refractivity contribution in [2.24, 2.45) is 17.8 Å². The van der Waals surface area contributed by atoms with Crippen molar-refractivity contribution in [2.45, 2.75) is 27.2 Å². The zero-order chi connectivity index (χ0) is 8.85. The Kier molecular flexibility index (Phi) is 5.67. The van der Waals surface area contributed by atoms with Gasteiger partial charge in [0, 0.05) is 5.88 Å². The fourth-order valence-corrected chi connectivity index (χ4v) is 1.58. The highest BCUT2D eigenvalue weighted by Crippen LogP contribution is 2.24. The minimum absolute atomic E-state index is 0.606. The quantitative estimate of drug-likeness (QED) is 0.441. The van der Waals surface area contributed by atoms with Gasteiger partial charge in [-0.3, -0.25) is 0 Å². The summed E-state index contributed by atoms with van der Waals surface area (Å²) >= 11 is 5.84. The van der Waals surface area contributed by atoms with E-state index < -0.39 is 0 Å². The van der Waals surface area contributed by atoms with Crippen LogP contribution in [0.4, 0.5) is 0 Å². The molecule has 0 radical (unpaired) electrons. The van der Waals surface area contributed by atoms with Crippen molar-refractivity contribution in [3.8, 4) is 0 Å². The van der Waals surface area contributed by atoms with E-state index in [-0.39, 0.29) is 0 Å². The van der Waals surface area contributed by atoms with Crippen LogP contribution in [-0.2, 0) is 0 Å². The molecule has 0 fully saturated rings. The average molecular weight is 175 g/mol. The maximum absolute atomic E-state index is 5.84. The van der Waals surface area contributed by atoms with E-state index in [0.29, 0.717) is 11.8 Å². The molecule has 0 aromatic carbocycles. The maximum Gasteiger partial charge on any atom is 0.0257 e. The Bertz CT molecular complexity index is 107. The van der Waals surface area contributed by atoms with Gasteiger partial charge in [-0.25, -0.2) is 0 Å². The molecule has 0 nitrogen and oxygen atoms in total. The minimum Gasteiger partial charge on any atom is -0.126 e. The molecule has 0 aromatic rings. The monoisotopic (exact) mass is 174 g/mol. The van der Waals surface area contributed by atoms with Gasteiger partial charge in [-0.15, -0.1) is 18.2 Å². The summed E-state index contributed by atoms with van der Waals surface area (Å²) in [5, 5.41) is 0. The molecule has 0 aliphatic rings. The van der Waals surface area contributed by atoms with Crippen LogP contribution in [0.15, 0.2) is 12.7 Å². The Morgan fingerprint density at radius 3 is 2.18 bits per heavy atom. The second kappa shape index (κ2) is 5.65. The van der Waals surface area contributed by atoms with E-state index in [0.717, 1.165) is 18.2 Å². The Balaban J connectivity index is 3.90. The molecular formula is C10H19Cl. The van der Waals surface area contributed by atoms with Gasteiger partial charge in [0.05, 0.1) is 0 Å². The summed E-state index contributed by atoms with van der Waals surface area (Å²) in [6.07, 6.45) is 3.01. The molecule has 0 saturated heterocycles. The van der Waals surface area contributed by atoms with E-state index in [4.69, 9.17) is 11.6 Å². The second-order valence-electron chi connectivity index (χ2n) is 3.54. The third-order valence-electron chi connectivity index (χ3n) is 2.46. The van der Waals surface area contributed by atoms with E-state index >= 15 is 0 Å². The second-order valence-corrected chi connectivity index (χ2v) is 3.85. The van der Waals surface area contributed by atoms with E-state index in [1.54, 1.807) is 0 Å². The number of hydrogen-bond donors (Lipinski definition) is 0. The van der Waals surface area contributed by atoms with Crippen LogP contribution < -0.4 is 0 Å². The number of rotatable bonds is 5. The highest BCUT2D eigenvalue weighted by atomic mass is 35.5. The summed E-state index contributed by atoms with van der Waals surface area (Å²) in [6, 6.07) is 0. The lowest BCUT2D eigenvalue weighted by Gasteiger charge is -2.23. The molecule has 0 N–H and O–H groups in total. The SMILES string of the molecule is C=CCC(CCl)C(C)C(C)C. The third-order valence-corrected chi connectivity index (χ3v) is 2.86. The van der Waals surface area contributed by atoms with Crippen molar-refractivity contribution in [1.82, 2.24) is 0 Å². The number of alkyl halides is 1. The Hall–Kier alpha value is 0.0300. The summed E-state index contributed by atoms with van der Waals surface area (Å²) < 4.78 is 0. The van der Waals surface area contributed by atoms with Crippen LogP contribution in [0.5, 0.6) is 0 Å². The van der Waals surface area contributed by atoms with Crippen molar-refractivity contribution in [2.75, 3.05) is 5.88 Å². The van der Waals surface area contributed by atoms with Gasteiger partial charge in [0.15, 0.2) is 0 Å². The van der Waals surface area contributed by atoms with Gasteiger partial charge in [-0.05, 0) is 24.2 Å². The van der Waals surface area contributed by atoms with Crippen molar-refractivity contribution in [3.05, 3.63) is 12.7 Å². The summed E-state index contributed by atoms with van der Waals surface area (Å²) in [6.45, 7) is 10.5. The average Bonchev–Trinajstić information content (AvgIpc) is 1.98. The van der Waals surface area contributed by atoms with Crippen LogP contribution in [-0.4, -0.2) is 5.88 Å². The molecular weight excluding hydrogens is 156 g/mol. The molecule has 1 heteroatoms. The summed E-state index contributed by atoms with van der Waals surface area (Å²) in [5.41, 5.74) is 0. The number of halogens is 1.